The Hall–Kier alpha value is -2.60. The molecule has 146 valence electrons. The van der Waals surface area contributed by atoms with E-state index >= 15 is 0 Å². The molecular formula is C22H24N2O3S. The second-order valence-electron chi connectivity index (χ2n) is 7.40. The first kappa shape index (κ1) is 18.7. The van der Waals surface area contributed by atoms with Gasteiger partial charge in [0.25, 0.3) is 0 Å². The van der Waals surface area contributed by atoms with Gasteiger partial charge >= 0.3 is 0 Å². The highest BCUT2D eigenvalue weighted by atomic mass is 32.2. The van der Waals surface area contributed by atoms with Crippen LogP contribution in [0.2, 0.25) is 0 Å². The number of fused-ring (bicyclic) bond motifs is 1. The van der Waals surface area contributed by atoms with Gasteiger partial charge < -0.3 is 9.72 Å². The largest absolute Gasteiger partial charge is 0.481 e. The number of allylic oxidation sites excluding steroid dienone is 1. The molecule has 5 nitrogen and oxygen atoms in total. The van der Waals surface area contributed by atoms with E-state index in [1.165, 1.54) is 31.9 Å². The third kappa shape index (κ3) is 3.83. The van der Waals surface area contributed by atoms with Crippen molar-refractivity contribution in [3.05, 3.63) is 59.8 Å². The number of benzene rings is 1. The number of hydrogen-bond donors (Lipinski definition) is 1. The Bertz CT molecular complexity index is 1120. The molecule has 4 rings (SSSR count). The molecule has 0 radical (unpaired) electrons. The fraction of sp³-hybridized carbons (Fsp3) is 0.318. The number of pyridine rings is 1. The maximum absolute atomic E-state index is 11.8. The highest BCUT2D eigenvalue weighted by Crippen LogP contribution is 2.33. The molecule has 1 fully saturated rings. The summed E-state index contributed by atoms with van der Waals surface area (Å²) in [6, 6.07) is 13.1. The maximum Gasteiger partial charge on any atom is 0.214 e. The molecule has 0 atom stereocenters. The molecule has 1 aliphatic rings. The molecule has 1 aliphatic carbocycles. The molecule has 28 heavy (non-hydrogen) atoms. The van der Waals surface area contributed by atoms with Crippen molar-refractivity contribution in [2.75, 3.05) is 13.4 Å². The van der Waals surface area contributed by atoms with E-state index in [0.717, 1.165) is 27.9 Å². The Labute approximate surface area is 165 Å². The molecule has 0 aliphatic heterocycles. The van der Waals surface area contributed by atoms with Crippen molar-refractivity contribution in [1.82, 2.24) is 9.97 Å². The van der Waals surface area contributed by atoms with Gasteiger partial charge in [0, 0.05) is 29.0 Å². The minimum absolute atomic E-state index is 0.333. The van der Waals surface area contributed by atoms with Crippen LogP contribution in [-0.4, -0.2) is 31.8 Å². The zero-order valence-electron chi connectivity index (χ0n) is 16.1. The lowest BCUT2D eigenvalue weighted by atomic mass is 9.96. The second-order valence-corrected chi connectivity index (χ2v) is 9.41. The number of aromatic nitrogens is 2. The molecule has 0 unspecified atom stereocenters. The molecule has 1 saturated carbocycles. The molecule has 3 aromatic rings. The second kappa shape index (κ2) is 7.43. The zero-order chi connectivity index (χ0) is 19.7. The van der Waals surface area contributed by atoms with Crippen molar-refractivity contribution < 1.29 is 13.2 Å². The molecule has 0 amide bonds. The fourth-order valence-electron chi connectivity index (χ4n) is 3.83. The smallest absolute Gasteiger partial charge is 0.214 e. The molecular weight excluding hydrogens is 372 g/mol. The minimum atomic E-state index is -3.21. The Morgan fingerprint density at radius 3 is 2.50 bits per heavy atom. The average molecular weight is 397 g/mol. The van der Waals surface area contributed by atoms with Crippen LogP contribution in [0.5, 0.6) is 5.88 Å². The minimum Gasteiger partial charge on any atom is -0.481 e. The van der Waals surface area contributed by atoms with E-state index in [9.17, 15) is 8.42 Å². The van der Waals surface area contributed by atoms with E-state index in [1.54, 1.807) is 19.2 Å². The summed E-state index contributed by atoms with van der Waals surface area (Å²) >= 11 is 0. The molecule has 0 bridgehead atoms. The molecule has 1 N–H and O–H groups in total. The van der Waals surface area contributed by atoms with Crippen LogP contribution in [0.15, 0.2) is 53.4 Å². The van der Waals surface area contributed by atoms with E-state index in [2.05, 4.69) is 22.1 Å². The standard InChI is InChI=1S/C22H24N2O3S/c1-27-21-12-9-17-14-20(23-22(17)24-21)19(13-15-5-3-4-6-15)16-7-10-18(11-8-16)28(2,25)26/h7-15H,3-6H2,1-2H3,(H,23,24)/b19-13+. The van der Waals surface area contributed by atoms with Crippen molar-refractivity contribution in [2.45, 2.75) is 30.6 Å². The van der Waals surface area contributed by atoms with Crippen molar-refractivity contribution >= 4 is 26.4 Å². The molecule has 6 heteroatoms. The summed E-state index contributed by atoms with van der Waals surface area (Å²) in [4.78, 5) is 8.23. The predicted octanol–water partition coefficient (Wildman–Crippen LogP) is 4.60. The Kier molecular flexibility index (Phi) is 4.98. The van der Waals surface area contributed by atoms with Gasteiger partial charge in [-0.2, -0.15) is 4.98 Å². The number of rotatable bonds is 5. The number of nitrogens with one attached hydrogen (secondary N) is 1. The summed E-state index contributed by atoms with van der Waals surface area (Å²) in [6.07, 6.45) is 8.45. The molecule has 2 heterocycles. The molecule has 1 aromatic carbocycles. The van der Waals surface area contributed by atoms with E-state index < -0.39 is 9.84 Å². The van der Waals surface area contributed by atoms with Gasteiger partial charge in [-0.3, -0.25) is 0 Å². The summed E-state index contributed by atoms with van der Waals surface area (Å²) in [5.74, 6) is 1.11. The number of sulfone groups is 1. The molecule has 0 spiro atoms. The Morgan fingerprint density at radius 2 is 1.86 bits per heavy atom. The first-order valence-electron chi connectivity index (χ1n) is 9.50. The maximum atomic E-state index is 11.8. The lowest BCUT2D eigenvalue weighted by molar-refractivity contribution is 0.399. The van der Waals surface area contributed by atoms with Crippen molar-refractivity contribution in [1.29, 1.82) is 0 Å². The predicted molar refractivity (Wildman–Crippen MR) is 111 cm³/mol. The third-order valence-electron chi connectivity index (χ3n) is 5.35. The van der Waals surface area contributed by atoms with Crippen molar-refractivity contribution in [3.8, 4) is 5.88 Å². The van der Waals surface area contributed by atoms with Gasteiger partial charge in [-0.05, 0) is 48.6 Å². The van der Waals surface area contributed by atoms with Gasteiger partial charge in [0.15, 0.2) is 9.84 Å². The van der Waals surface area contributed by atoms with Gasteiger partial charge in [0.1, 0.15) is 5.65 Å². The average Bonchev–Trinajstić information content (AvgIpc) is 3.34. The lowest BCUT2D eigenvalue weighted by Gasteiger charge is -2.11. The van der Waals surface area contributed by atoms with Crippen LogP contribution in [0, 0.1) is 5.92 Å². The van der Waals surface area contributed by atoms with Crippen LogP contribution >= 0.6 is 0 Å². The number of nitrogens with zero attached hydrogens (tertiary/aromatic N) is 1. The van der Waals surface area contributed by atoms with Gasteiger partial charge in [-0.1, -0.05) is 31.1 Å². The first-order chi connectivity index (χ1) is 13.4. The van der Waals surface area contributed by atoms with Crippen LogP contribution in [0.1, 0.15) is 36.9 Å². The van der Waals surface area contributed by atoms with Crippen LogP contribution < -0.4 is 4.74 Å². The topological polar surface area (TPSA) is 72.1 Å². The highest BCUT2D eigenvalue weighted by Gasteiger charge is 2.17. The normalized spacial score (nSPS) is 16.0. The monoisotopic (exact) mass is 396 g/mol. The number of aromatic amines is 1. The fourth-order valence-corrected chi connectivity index (χ4v) is 4.46. The third-order valence-corrected chi connectivity index (χ3v) is 6.48. The van der Waals surface area contributed by atoms with E-state index in [1.807, 2.05) is 24.3 Å². The lowest BCUT2D eigenvalue weighted by Crippen LogP contribution is -1.98. The van der Waals surface area contributed by atoms with E-state index in [0.29, 0.717) is 16.7 Å². The number of methoxy groups -OCH3 is 1. The van der Waals surface area contributed by atoms with Crippen molar-refractivity contribution in [2.24, 2.45) is 5.92 Å². The first-order valence-corrected chi connectivity index (χ1v) is 11.4. The SMILES string of the molecule is COc1ccc2cc(/C(=C/C3CCCC3)c3ccc(S(C)(=O)=O)cc3)[nH]c2n1. The Balaban J connectivity index is 1.80. The summed E-state index contributed by atoms with van der Waals surface area (Å²) in [7, 11) is -1.61. The van der Waals surface area contributed by atoms with E-state index in [4.69, 9.17) is 4.74 Å². The van der Waals surface area contributed by atoms with E-state index in [-0.39, 0.29) is 0 Å². The molecule has 2 aromatic heterocycles. The van der Waals surface area contributed by atoms with Gasteiger partial charge in [0.05, 0.1) is 12.0 Å². The summed E-state index contributed by atoms with van der Waals surface area (Å²) in [5, 5.41) is 1.01. The van der Waals surface area contributed by atoms with Gasteiger partial charge in [-0.15, -0.1) is 0 Å². The number of ether oxygens (including phenoxy) is 1. The van der Waals surface area contributed by atoms with Crippen LogP contribution in [0.25, 0.3) is 16.6 Å². The van der Waals surface area contributed by atoms with Gasteiger partial charge in [0.2, 0.25) is 5.88 Å². The van der Waals surface area contributed by atoms with Crippen LogP contribution in [0.4, 0.5) is 0 Å². The van der Waals surface area contributed by atoms with Crippen LogP contribution in [0.3, 0.4) is 0 Å². The summed E-state index contributed by atoms with van der Waals surface area (Å²) < 4.78 is 28.8. The number of H-pyrrole nitrogens is 1. The summed E-state index contributed by atoms with van der Waals surface area (Å²) in [6.45, 7) is 0. The quantitative estimate of drug-likeness (QED) is 0.684. The zero-order valence-corrected chi connectivity index (χ0v) is 16.9. The Morgan fingerprint density at radius 1 is 1.14 bits per heavy atom. The molecule has 0 saturated heterocycles. The summed E-state index contributed by atoms with van der Waals surface area (Å²) in [5.41, 5.74) is 3.84. The van der Waals surface area contributed by atoms with Gasteiger partial charge in [-0.25, -0.2) is 8.42 Å². The highest BCUT2D eigenvalue weighted by molar-refractivity contribution is 7.90. The van der Waals surface area contributed by atoms with Crippen molar-refractivity contribution in [3.63, 3.8) is 0 Å². The van der Waals surface area contributed by atoms with Crippen LogP contribution in [-0.2, 0) is 9.84 Å². The number of hydrogen-bond acceptors (Lipinski definition) is 4.